The smallest absolute Gasteiger partial charge is 0.338 e. The predicted octanol–water partition coefficient (Wildman–Crippen LogP) is 3.67. The van der Waals surface area contributed by atoms with Crippen LogP contribution in [0.15, 0.2) is 30.3 Å². The normalized spacial score (nSPS) is 17.6. The lowest BCUT2D eigenvalue weighted by molar-refractivity contribution is 0.0272. The topological polar surface area (TPSA) is 26.3 Å². The molecule has 17 heavy (non-hydrogen) atoms. The number of esters is 1. The van der Waals surface area contributed by atoms with E-state index in [2.05, 4.69) is 20.8 Å². The highest BCUT2D eigenvalue weighted by molar-refractivity contribution is 5.89. The Bertz CT molecular complexity index is 397. The second-order valence-corrected chi connectivity index (χ2v) is 5.97. The first kappa shape index (κ1) is 12.2. The Morgan fingerprint density at radius 3 is 2.29 bits per heavy atom. The van der Waals surface area contributed by atoms with Gasteiger partial charge in [-0.3, -0.25) is 0 Å². The maximum absolute atomic E-state index is 11.8. The maximum atomic E-state index is 11.8. The molecule has 92 valence electrons. The molecule has 0 N–H and O–H groups in total. The molecule has 1 aromatic carbocycles. The molecule has 0 saturated heterocycles. The van der Waals surface area contributed by atoms with E-state index in [4.69, 9.17) is 4.74 Å². The zero-order valence-electron chi connectivity index (χ0n) is 10.8. The lowest BCUT2D eigenvalue weighted by Crippen LogP contribution is -2.28. The first-order valence-corrected chi connectivity index (χ1v) is 6.17. The minimum Gasteiger partial charge on any atom is -0.461 e. The van der Waals surface area contributed by atoms with Gasteiger partial charge in [-0.25, -0.2) is 4.79 Å². The minimum absolute atomic E-state index is 0.206. The Kier molecular flexibility index (Phi) is 2.98. The monoisotopic (exact) mass is 232 g/mol. The van der Waals surface area contributed by atoms with Gasteiger partial charge in [-0.1, -0.05) is 39.0 Å². The summed E-state index contributed by atoms with van der Waals surface area (Å²) in [4.78, 5) is 11.8. The van der Waals surface area contributed by atoms with Crippen molar-refractivity contribution in [3.63, 3.8) is 0 Å². The standard InChI is InChI=1S/C15H20O2/c1-14(2,3)15(9-10-15)11-17-13(16)12-7-5-4-6-8-12/h4-8H,9-11H2,1-3H3. The van der Waals surface area contributed by atoms with Gasteiger partial charge in [-0.15, -0.1) is 0 Å². The van der Waals surface area contributed by atoms with E-state index in [-0.39, 0.29) is 16.8 Å². The highest BCUT2D eigenvalue weighted by Gasteiger charge is 2.52. The number of hydrogen-bond donors (Lipinski definition) is 0. The molecule has 0 atom stereocenters. The molecule has 0 aromatic heterocycles. The van der Waals surface area contributed by atoms with Crippen LogP contribution in [0.25, 0.3) is 0 Å². The average molecular weight is 232 g/mol. The first-order valence-electron chi connectivity index (χ1n) is 6.17. The van der Waals surface area contributed by atoms with Gasteiger partial charge < -0.3 is 4.74 Å². The summed E-state index contributed by atoms with van der Waals surface area (Å²) >= 11 is 0. The fourth-order valence-electron chi connectivity index (χ4n) is 2.12. The molecule has 1 fully saturated rings. The van der Waals surface area contributed by atoms with Crippen LogP contribution in [-0.4, -0.2) is 12.6 Å². The molecule has 2 rings (SSSR count). The first-order chi connectivity index (χ1) is 7.95. The van der Waals surface area contributed by atoms with Crippen molar-refractivity contribution in [1.82, 2.24) is 0 Å². The van der Waals surface area contributed by atoms with Crippen LogP contribution in [-0.2, 0) is 4.74 Å². The number of hydrogen-bond acceptors (Lipinski definition) is 2. The van der Waals surface area contributed by atoms with Crippen molar-refractivity contribution >= 4 is 5.97 Å². The van der Waals surface area contributed by atoms with Crippen molar-refractivity contribution in [2.45, 2.75) is 33.6 Å². The van der Waals surface area contributed by atoms with Crippen LogP contribution < -0.4 is 0 Å². The molecular formula is C15H20O2. The van der Waals surface area contributed by atoms with Gasteiger partial charge in [0.15, 0.2) is 0 Å². The van der Waals surface area contributed by atoms with Crippen LogP contribution in [0.2, 0.25) is 0 Å². The number of carbonyl (C=O) groups is 1. The molecule has 2 heteroatoms. The number of ether oxygens (including phenoxy) is 1. The molecule has 0 unspecified atom stereocenters. The van der Waals surface area contributed by atoms with E-state index in [1.54, 1.807) is 12.1 Å². The van der Waals surface area contributed by atoms with Crippen LogP contribution in [0.4, 0.5) is 0 Å². The van der Waals surface area contributed by atoms with Crippen molar-refractivity contribution in [3.05, 3.63) is 35.9 Å². The van der Waals surface area contributed by atoms with E-state index in [0.717, 1.165) is 0 Å². The molecule has 0 bridgehead atoms. The van der Waals surface area contributed by atoms with E-state index < -0.39 is 0 Å². The van der Waals surface area contributed by atoms with Gasteiger partial charge in [0.1, 0.15) is 0 Å². The molecule has 0 radical (unpaired) electrons. The summed E-state index contributed by atoms with van der Waals surface area (Å²) in [5.41, 5.74) is 1.05. The third kappa shape index (κ3) is 2.51. The van der Waals surface area contributed by atoms with Gasteiger partial charge in [0.2, 0.25) is 0 Å². The molecule has 1 saturated carbocycles. The fourth-order valence-corrected chi connectivity index (χ4v) is 2.12. The molecule has 1 aliphatic rings. The Morgan fingerprint density at radius 2 is 1.82 bits per heavy atom. The number of benzene rings is 1. The number of rotatable bonds is 3. The summed E-state index contributed by atoms with van der Waals surface area (Å²) in [6, 6.07) is 9.19. The molecule has 0 heterocycles. The van der Waals surface area contributed by atoms with Crippen LogP contribution >= 0.6 is 0 Å². The molecule has 1 aromatic rings. The van der Waals surface area contributed by atoms with E-state index in [1.807, 2.05) is 18.2 Å². The van der Waals surface area contributed by atoms with E-state index in [9.17, 15) is 4.79 Å². The van der Waals surface area contributed by atoms with Crippen molar-refractivity contribution < 1.29 is 9.53 Å². The maximum Gasteiger partial charge on any atom is 0.338 e. The second kappa shape index (κ2) is 4.17. The van der Waals surface area contributed by atoms with Gasteiger partial charge in [-0.05, 0) is 30.4 Å². The van der Waals surface area contributed by atoms with Gasteiger partial charge in [0, 0.05) is 5.41 Å². The lowest BCUT2D eigenvalue weighted by atomic mass is 9.78. The summed E-state index contributed by atoms with van der Waals surface area (Å²) in [6.07, 6.45) is 2.33. The van der Waals surface area contributed by atoms with Gasteiger partial charge in [0.05, 0.1) is 12.2 Å². The van der Waals surface area contributed by atoms with Crippen molar-refractivity contribution in [3.8, 4) is 0 Å². The summed E-state index contributed by atoms with van der Waals surface area (Å²) in [5, 5.41) is 0. The van der Waals surface area contributed by atoms with Crippen LogP contribution in [0.1, 0.15) is 44.0 Å². The van der Waals surface area contributed by atoms with Gasteiger partial charge in [-0.2, -0.15) is 0 Å². The van der Waals surface area contributed by atoms with Crippen LogP contribution in [0.3, 0.4) is 0 Å². The third-order valence-corrected chi connectivity index (χ3v) is 3.93. The van der Waals surface area contributed by atoms with Crippen LogP contribution in [0, 0.1) is 10.8 Å². The fraction of sp³-hybridized carbons (Fsp3) is 0.533. The third-order valence-electron chi connectivity index (χ3n) is 3.93. The largest absolute Gasteiger partial charge is 0.461 e. The average Bonchev–Trinajstić information content (AvgIpc) is 3.07. The molecule has 2 nitrogen and oxygen atoms in total. The predicted molar refractivity (Wildman–Crippen MR) is 67.8 cm³/mol. The van der Waals surface area contributed by atoms with E-state index in [1.165, 1.54) is 12.8 Å². The van der Waals surface area contributed by atoms with E-state index >= 15 is 0 Å². The zero-order valence-corrected chi connectivity index (χ0v) is 10.8. The SMILES string of the molecule is CC(C)(C)C1(COC(=O)c2ccccc2)CC1. The Balaban J connectivity index is 1.94. The van der Waals surface area contributed by atoms with Crippen molar-refractivity contribution in [2.75, 3.05) is 6.61 Å². The van der Waals surface area contributed by atoms with Crippen LogP contribution in [0.5, 0.6) is 0 Å². The van der Waals surface area contributed by atoms with Gasteiger partial charge >= 0.3 is 5.97 Å². The Hall–Kier alpha value is -1.31. The summed E-state index contributed by atoms with van der Waals surface area (Å²) in [5.74, 6) is -0.207. The highest BCUT2D eigenvalue weighted by atomic mass is 16.5. The second-order valence-electron chi connectivity index (χ2n) is 5.97. The summed E-state index contributed by atoms with van der Waals surface area (Å²) in [6.45, 7) is 7.20. The molecule has 0 amide bonds. The molecular weight excluding hydrogens is 212 g/mol. The van der Waals surface area contributed by atoms with E-state index in [0.29, 0.717) is 12.2 Å². The zero-order chi connectivity index (χ0) is 12.5. The molecule has 0 aliphatic heterocycles. The quantitative estimate of drug-likeness (QED) is 0.743. The highest BCUT2D eigenvalue weighted by Crippen LogP contribution is 2.58. The summed E-state index contributed by atoms with van der Waals surface area (Å²) < 4.78 is 5.44. The number of carbonyl (C=O) groups excluding carboxylic acids is 1. The molecule has 0 spiro atoms. The van der Waals surface area contributed by atoms with Gasteiger partial charge in [0.25, 0.3) is 0 Å². The van der Waals surface area contributed by atoms with Crippen molar-refractivity contribution in [2.24, 2.45) is 10.8 Å². The Labute approximate surface area is 103 Å². The lowest BCUT2D eigenvalue weighted by Gasteiger charge is -2.30. The van der Waals surface area contributed by atoms with Crippen molar-refractivity contribution in [1.29, 1.82) is 0 Å². The minimum atomic E-state index is -0.207. The summed E-state index contributed by atoms with van der Waals surface area (Å²) in [7, 11) is 0. The molecule has 1 aliphatic carbocycles. The Morgan fingerprint density at radius 1 is 1.24 bits per heavy atom.